The first-order chi connectivity index (χ1) is 9.24. The zero-order chi connectivity index (χ0) is 13.7. The zero-order valence-corrected chi connectivity index (χ0v) is 12.4. The predicted octanol–water partition coefficient (Wildman–Crippen LogP) is 4.05. The molecule has 0 saturated heterocycles. The van der Waals surface area contributed by atoms with Crippen LogP contribution in [0.15, 0.2) is 46.9 Å². The number of para-hydroxylation sites is 1. The molecular weight excluding hydrogens is 308 g/mol. The first-order valence-electron chi connectivity index (χ1n) is 5.83. The van der Waals surface area contributed by atoms with Crippen LogP contribution in [-0.2, 0) is 6.61 Å². The summed E-state index contributed by atoms with van der Waals surface area (Å²) in [5.41, 5.74) is 1.07. The molecule has 0 N–H and O–H groups in total. The Morgan fingerprint density at radius 2 is 1.58 bits per heavy atom. The number of benzene rings is 2. The molecule has 0 saturated carbocycles. The second-order valence-electron chi connectivity index (χ2n) is 3.91. The lowest BCUT2D eigenvalue weighted by Gasteiger charge is -2.14. The minimum absolute atomic E-state index is 0.455. The number of halogens is 1. The summed E-state index contributed by atoms with van der Waals surface area (Å²) >= 11 is 3.44. The smallest absolute Gasteiger partial charge is 0.203 e. The highest BCUT2D eigenvalue weighted by Crippen LogP contribution is 2.37. The van der Waals surface area contributed by atoms with Gasteiger partial charge in [0, 0.05) is 4.47 Å². The van der Waals surface area contributed by atoms with Crippen LogP contribution in [-0.4, -0.2) is 14.2 Å². The third kappa shape index (κ3) is 3.41. The van der Waals surface area contributed by atoms with Gasteiger partial charge in [0.25, 0.3) is 0 Å². The summed E-state index contributed by atoms with van der Waals surface area (Å²) in [5, 5.41) is 0. The van der Waals surface area contributed by atoms with E-state index in [1.54, 1.807) is 14.2 Å². The Morgan fingerprint density at radius 3 is 2.16 bits per heavy atom. The molecule has 2 rings (SSSR count). The third-order valence-corrected chi connectivity index (χ3v) is 3.15. The van der Waals surface area contributed by atoms with Crippen LogP contribution < -0.4 is 14.2 Å². The number of hydrogen-bond acceptors (Lipinski definition) is 3. The molecule has 0 atom stereocenters. The minimum Gasteiger partial charge on any atom is -0.493 e. The third-order valence-electron chi connectivity index (χ3n) is 2.65. The van der Waals surface area contributed by atoms with E-state index in [0.717, 1.165) is 10.0 Å². The van der Waals surface area contributed by atoms with E-state index >= 15 is 0 Å². The Labute approximate surface area is 121 Å². The maximum absolute atomic E-state index is 5.82. The van der Waals surface area contributed by atoms with Crippen molar-refractivity contribution in [2.75, 3.05) is 14.2 Å². The molecular formula is C15H15BrO3. The van der Waals surface area contributed by atoms with Crippen LogP contribution >= 0.6 is 15.9 Å². The summed E-state index contributed by atoms with van der Waals surface area (Å²) in [6.45, 7) is 0.455. The average Bonchev–Trinajstić information content (AvgIpc) is 2.44. The van der Waals surface area contributed by atoms with Gasteiger partial charge in [0.15, 0.2) is 11.5 Å². The van der Waals surface area contributed by atoms with Crippen molar-refractivity contribution in [1.29, 1.82) is 0 Å². The van der Waals surface area contributed by atoms with Crippen molar-refractivity contribution in [3.8, 4) is 17.2 Å². The van der Waals surface area contributed by atoms with Gasteiger partial charge in [0.05, 0.1) is 14.2 Å². The second-order valence-corrected chi connectivity index (χ2v) is 4.83. The minimum atomic E-state index is 0.455. The van der Waals surface area contributed by atoms with Gasteiger partial charge in [-0.25, -0.2) is 0 Å². The summed E-state index contributed by atoms with van der Waals surface area (Å²) in [4.78, 5) is 0. The molecule has 0 unspecified atom stereocenters. The van der Waals surface area contributed by atoms with Gasteiger partial charge in [-0.2, -0.15) is 0 Å². The highest BCUT2D eigenvalue weighted by atomic mass is 79.9. The molecule has 0 aliphatic carbocycles. The zero-order valence-electron chi connectivity index (χ0n) is 10.9. The Hall–Kier alpha value is -1.68. The number of methoxy groups -OCH3 is 2. The summed E-state index contributed by atoms with van der Waals surface area (Å²) in [6.07, 6.45) is 0. The van der Waals surface area contributed by atoms with E-state index in [-0.39, 0.29) is 0 Å². The van der Waals surface area contributed by atoms with E-state index in [4.69, 9.17) is 14.2 Å². The molecule has 4 heteroatoms. The van der Waals surface area contributed by atoms with Crippen LogP contribution in [0.25, 0.3) is 0 Å². The van der Waals surface area contributed by atoms with Crippen LogP contribution in [0.3, 0.4) is 0 Å². The van der Waals surface area contributed by atoms with Crippen molar-refractivity contribution in [1.82, 2.24) is 0 Å². The largest absolute Gasteiger partial charge is 0.493 e. The lowest BCUT2D eigenvalue weighted by Crippen LogP contribution is -1.99. The van der Waals surface area contributed by atoms with Crippen molar-refractivity contribution < 1.29 is 14.2 Å². The van der Waals surface area contributed by atoms with E-state index in [2.05, 4.69) is 15.9 Å². The number of ether oxygens (including phenoxy) is 3. The molecule has 100 valence electrons. The van der Waals surface area contributed by atoms with Crippen molar-refractivity contribution in [2.24, 2.45) is 0 Å². The predicted molar refractivity (Wildman–Crippen MR) is 78.0 cm³/mol. The molecule has 0 fully saturated rings. The van der Waals surface area contributed by atoms with E-state index < -0.39 is 0 Å². The Morgan fingerprint density at radius 1 is 0.947 bits per heavy atom. The van der Waals surface area contributed by atoms with Crippen molar-refractivity contribution in [2.45, 2.75) is 6.61 Å². The maximum atomic E-state index is 5.82. The van der Waals surface area contributed by atoms with Gasteiger partial charge in [-0.05, 0) is 29.8 Å². The van der Waals surface area contributed by atoms with Crippen molar-refractivity contribution >= 4 is 15.9 Å². The average molecular weight is 323 g/mol. The molecule has 0 aliphatic rings. The van der Waals surface area contributed by atoms with Gasteiger partial charge in [-0.15, -0.1) is 0 Å². The van der Waals surface area contributed by atoms with Gasteiger partial charge in [0.1, 0.15) is 6.61 Å². The molecule has 0 aliphatic heterocycles. The van der Waals surface area contributed by atoms with Crippen LogP contribution in [0, 0.1) is 0 Å². The Kier molecular flexibility index (Phi) is 4.68. The van der Waals surface area contributed by atoms with Crippen LogP contribution in [0.2, 0.25) is 0 Å². The molecule has 0 radical (unpaired) electrons. The monoisotopic (exact) mass is 322 g/mol. The molecule has 2 aromatic rings. The molecule has 0 amide bonds. The fourth-order valence-corrected chi connectivity index (χ4v) is 2.19. The summed E-state index contributed by atoms with van der Waals surface area (Å²) in [6, 6.07) is 13.5. The SMILES string of the molecule is COc1cccc(OC)c1OCc1cccc(Br)c1. The van der Waals surface area contributed by atoms with E-state index in [9.17, 15) is 0 Å². The summed E-state index contributed by atoms with van der Waals surface area (Å²) < 4.78 is 17.4. The highest BCUT2D eigenvalue weighted by Gasteiger charge is 2.11. The first-order valence-corrected chi connectivity index (χ1v) is 6.62. The van der Waals surface area contributed by atoms with Crippen LogP contribution in [0.4, 0.5) is 0 Å². The van der Waals surface area contributed by atoms with Crippen LogP contribution in [0.1, 0.15) is 5.56 Å². The van der Waals surface area contributed by atoms with Gasteiger partial charge in [-0.3, -0.25) is 0 Å². The molecule has 0 aromatic heterocycles. The van der Waals surface area contributed by atoms with Gasteiger partial charge in [-0.1, -0.05) is 34.1 Å². The molecule has 19 heavy (non-hydrogen) atoms. The first kappa shape index (κ1) is 13.7. The van der Waals surface area contributed by atoms with E-state index in [1.807, 2.05) is 42.5 Å². The fourth-order valence-electron chi connectivity index (χ4n) is 1.74. The molecule has 0 heterocycles. The topological polar surface area (TPSA) is 27.7 Å². The van der Waals surface area contributed by atoms with Crippen molar-refractivity contribution in [3.63, 3.8) is 0 Å². The molecule has 0 spiro atoms. The lowest BCUT2D eigenvalue weighted by atomic mass is 10.2. The molecule has 0 bridgehead atoms. The second kappa shape index (κ2) is 6.48. The van der Waals surface area contributed by atoms with E-state index in [0.29, 0.717) is 23.9 Å². The highest BCUT2D eigenvalue weighted by molar-refractivity contribution is 9.10. The van der Waals surface area contributed by atoms with Gasteiger partial charge in [0.2, 0.25) is 5.75 Å². The number of hydrogen-bond donors (Lipinski definition) is 0. The normalized spacial score (nSPS) is 10.1. The van der Waals surface area contributed by atoms with Gasteiger partial charge >= 0.3 is 0 Å². The van der Waals surface area contributed by atoms with Gasteiger partial charge < -0.3 is 14.2 Å². The summed E-state index contributed by atoms with van der Waals surface area (Å²) in [7, 11) is 3.22. The Balaban J connectivity index is 2.19. The standard InChI is InChI=1S/C15H15BrO3/c1-17-13-7-4-8-14(18-2)15(13)19-10-11-5-3-6-12(16)9-11/h3-9H,10H2,1-2H3. The van der Waals surface area contributed by atoms with Crippen LogP contribution in [0.5, 0.6) is 17.2 Å². The maximum Gasteiger partial charge on any atom is 0.203 e. The quantitative estimate of drug-likeness (QED) is 0.831. The Bertz CT molecular complexity index is 533. The summed E-state index contributed by atoms with van der Waals surface area (Å²) in [5.74, 6) is 1.94. The van der Waals surface area contributed by atoms with Crippen molar-refractivity contribution in [3.05, 3.63) is 52.5 Å². The molecule has 3 nitrogen and oxygen atoms in total. The fraction of sp³-hybridized carbons (Fsp3) is 0.200. The lowest BCUT2D eigenvalue weighted by molar-refractivity contribution is 0.266. The van der Waals surface area contributed by atoms with E-state index in [1.165, 1.54) is 0 Å². The number of rotatable bonds is 5. The molecule has 2 aromatic carbocycles.